The SMILES string of the molecule is CCNC(COCC)c1ccc(Cl)c(C)c1. The molecule has 1 aromatic rings. The molecule has 0 amide bonds. The van der Waals surface area contributed by atoms with Gasteiger partial charge in [0.1, 0.15) is 0 Å². The number of nitrogens with one attached hydrogen (secondary N) is 1. The summed E-state index contributed by atoms with van der Waals surface area (Å²) < 4.78 is 5.48. The van der Waals surface area contributed by atoms with Crippen LogP contribution in [0.3, 0.4) is 0 Å². The largest absolute Gasteiger partial charge is 0.380 e. The normalized spacial score (nSPS) is 12.8. The van der Waals surface area contributed by atoms with Gasteiger partial charge in [-0.1, -0.05) is 30.7 Å². The molecule has 16 heavy (non-hydrogen) atoms. The third kappa shape index (κ3) is 3.78. The van der Waals surface area contributed by atoms with Crippen molar-refractivity contribution < 1.29 is 4.74 Å². The first-order valence-corrected chi connectivity index (χ1v) is 6.14. The minimum atomic E-state index is 0.251. The number of ether oxygens (including phenoxy) is 1. The molecule has 0 fully saturated rings. The summed E-state index contributed by atoms with van der Waals surface area (Å²) in [6, 6.07) is 6.37. The summed E-state index contributed by atoms with van der Waals surface area (Å²) in [5, 5.41) is 4.23. The molecule has 0 radical (unpaired) electrons. The molecule has 0 saturated carbocycles. The number of hydrogen-bond donors (Lipinski definition) is 1. The molecule has 3 heteroatoms. The first-order chi connectivity index (χ1) is 7.69. The fourth-order valence-electron chi connectivity index (χ4n) is 1.64. The van der Waals surface area contributed by atoms with E-state index >= 15 is 0 Å². The maximum atomic E-state index is 6.02. The molecule has 0 aliphatic rings. The highest BCUT2D eigenvalue weighted by Crippen LogP contribution is 2.21. The van der Waals surface area contributed by atoms with E-state index in [4.69, 9.17) is 16.3 Å². The van der Waals surface area contributed by atoms with Crippen molar-refractivity contribution in [2.45, 2.75) is 26.8 Å². The molecule has 1 N–H and O–H groups in total. The third-order valence-corrected chi connectivity index (χ3v) is 2.95. The molecule has 2 nitrogen and oxygen atoms in total. The van der Waals surface area contributed by atoms with Crippen LogP contribution in [0.25, 0.3) is 0 Å². The van der Waals surface area contributed by atoms with Crippen molar-refractivity contribution >= 4 is 11.6 Å². The molecular formula is C13H20ClNO. The van der Waals surface area contributed by atoms with Gasteiger partial charge in [-0.2, -0.15) is 0 Å². The fourth-order valence-corrected chi connectivity index (χ4v) is 1.76. The van der Waals surface area contributed by atoms with Crippen LogP contribution in [0.2, 0.25) is 5.02 Å². The number of benzene rings is 1. The van der Waals surface area contributed by atoms with Gasteiger partial charge in [0.05, 0.1) is 12.6 Å². The van der Waals surface area contributed by atoms with E-state index in [-0.39, 0.29) is 6.04 Å². The van der Waals surface area contributed by atoms with Crippen LogP contribution in [0.5, 0.6) is 0 Å². The van der Waals surface area contributed by atoms with Crippen LogP contribution in [0.4, 0.5) is 0 Å². The van der Waals surface area contributed by atoms with Gasteiger partial charge < -0.3 is 10.1 Å². The average Bonchev–Trinajstić information content (AvgIpc) is 2.28. The molecule has 0 spiro atoms. The summed E-state index contributed by atoms with van der Waals surface area (Å²) in [6.45, 7) is 8.51. The van der Waals surface area contributed by atoms with Crippen molar-refractivity contribution in [3.8, 4) is 0 Å². The van der Waals surface area contributed by atoms with Gasteiger partial charge in [-0.3, -0.25) is 0 Å². The van der Waals surface area contributed by atoms with Gasteiger partial charge in [0.2, 0.25) is 0 Å². The molecule has 90 valence electrons. The van der Waals surface area contributed by atoms with Crippen molar-refractivity contribution in [3.63, 3.8) is 0 Å². The maximum absolute atomic E-state index is 6.02. The Bertz CT molecular complexity index is 328. The Morgan fingerprint density at radius 1 is 1.38 bits per heavy atom. The lowest BCUT2D eigenvalue weighted by Gasteiger charge is -2.18. The van der Waals surface area contributed by atoms with Crippen molar-refractivity contribution in [1.29, 1.82) is 0 Å². The highest BCUT2D eigenvalue weighted by atomic mass is 35.5. The lowest BCUT2D eigenvalue weighted by molar-refractivity contribution is 0.123. The summed E-state index contributed by atoms with van der Waals surface area (Å²) in [5.41, 5.74) is 2.34. The zero-order chi connectivity index (χ0) is 12.0. The predicted molar refractivity (Wildman–Crippen MR) is 69.1 cm³/mol. The highest BCUT2D eigenvalue weighted by molar-refractivity contribution is 6.31. The first kappa shape index (κ1) is 13.5. The van der Waals surface area contributed by atoms with Crippen LogP contribution < -0.4 is 5.32 Å². The smallest absolute Gasteiger partial charge is 0.0661 e. The second-order valence-corrected chi connectivity index (χ2v) is 4.19. The molecule has 0 aromatic heterocycles. The Morgan fingerprint density at radius 2 is 2.12 bits per heavy atom. The Kier molecular flexibility index (Phi) is 5.81. The summed E-state index contributed by atoms with van der Waals surface area (Å²) in [7, 11) is 0. The lowest BCUT2D eigenvalue weighted by atomic mass is 10.0. The van der Waals surface area contributed by atoms with Gasteiger partial charge in [0.15, 0.2) is 0 Å². The molecule has 0 bridgehead atoms. The Labute approximate surface area is 103 Å². The second-order valence-electron chi connectivity index (χ2n) is 3.78. The molecular weight excluding hydrogens is 222 g/mol. The van der Waals surface area contributed by atoms with E-state index in [9.17, 15) is 0 Å². The summed E-state index contributed by atoms with van der Waals surface area (Å²) >= 11 is 6.02. The molecule has 0 aliphatic carbocycles. The van der Waals surface area contributed by atoms with E-state index in [0.717, 1.165) is 23.7 Å². The minimum Gasteiger partial charge on any atom is -0.380 e. The number of hydrogen-bond acceptors (Lipinski definition) is 2. The Hall–Kier alpha value is -0.570. The van der Waals surface area contributed by atoms with Gasteiger partial charge >= 0.3 is 0 Å². The van der Waals surface area contributed by atoms with Crippen molar-refractivity contribution in [3.05, 3.63) is 34.3 Å². The fraction of sp³-hybridized carbons (Fsp3) is 0.538. The zero-order valence-corrected chi connectivity index (χ0v) is 11.0. The molecule has 1 rings (SSSR count). The number of aryl methyl sites for hydroxylation is 1. The second kappa shape index (κ2) is 6.89. The lowest BCUT2D eigenvalue weighted by Crippen LogP contribution is -2.25. The van der Waals surface area contributed by atoms with Gasteiger partial charge in [-0.25, -0.2) is 0 Å². The molecule has 0 aliphatic heterocycles. The maximum Gasteiger partial charge on any atom is 0.0661 e. The van der Waals surface area contributed by atoms with E-state index in [1.54, 1.807) is 0 Å². The van der Waals surface area contributed by atoms with Gasteiger partial charge in [-0.15, -0.1) is 0 Å². The van der Waals surface area contributed by atoms with E-state index in [1.807, 2.05) is 19.9 Å². The minimum absolute atomic E-state index is 0.251. The van der Waals surface area contributed by atoms with E-state index in [0.29, 0.717) is 6.61 Å². The third-order valence-electron chi connectivity index (χ3n) is 2.52. The molecule has 0 heterocycles. The Balaban J connectivity index is 2.78. The van der Waals surface area contributed by atoms with Crippen LogP contribution >= 0.6 is 11.6 Å². The van der Waals surface area contributed by atoms with E-state index < -0.39 is 0 Å². The number of rotatable bonds is 6. The van der Waals surface area contributed by atoms with Gasteiger partial charge in [0.25, 0.3) is 0 Å². The molecule has 0 saturated heterocycles. The summed E-state index contributed by atoms with van der Waals surface area (Å²) in [4.78, 5) is 0. The standard InChI is InChI=1S/C13H20ClNO/c1-4-15-13(9-16-5-2)11-6-7-12(14)10(3)8-11/h6-8,13,15H,4-5,9H2,1-3H3. The van der Waals surface area contributed by atoms with Crippen LogP contribution in [0.1, 0.15) is 31.0 Å². The quantitative estimate of drug-likeness (QED) is 0.825. The molecule has 1 atom stereocenters. The van der Waals surface area contributed by atoms with Crippen LogP contribution in [0.15, 0.2) is 18.2 Å². The van der Waals surface area contributed by atoms with Crippen LogP contribution in [0, 0.1) is 6.92 Å². The molecule has 1 aromatic carbocycles. The van der Waals surface area contributed by atoms with Crippen molar-refractivity contribution in [2.75, 3.05) is 19.8 Å². The van der Waals surface area contributed by atoms with Crippen LogP contribution in [-0.2, 0) is 4.74 Å². The van der Waals surface area contributed by atoms with Crippen molar-refractivity contribution in [1.82, 2.24) is 5.32 Å². The highest BCUT2D eigenvalue weighted by Gasteiger charge is 2.10. The van der Waals surface area contributed by atoms with Crippen LogP contribution in [-0.4, -0.2) is 19.8 Å². The summed E-state index contributed by atoms with van der Waals surface area (Å²) in [5.74, 6) is 0. The number of halogens is 1. The Morgan fingerprint density at radius 3 is 2.69 bits per heavy atom. The summed E-state index contributed by atoms with van der Waals surface area (Å²) in [6.07, 6.45) is 0. The van der Waals surface area contributed by atoms with E-state index in [2.05, 4.69) is 24.4 Å². The average molecular weight is 242 g/mol. The van der Waals surface area contributed by atoms with E-state index in [1.165, 1.54) is 5.56 Å². The topological polar surface area (TPSA) is 21.3 Å². The zero-order valence-electron chi connectivity index (χ0n) is 10.2. The van der Waals surface area contributed by atoms with Gasteiger partial charge in [-0.05, 0) is 37.6 Å². The predicted octanol–water partition coefficient (Wildman–Crippen LogP) is 3.34. The molecule has 1 unspecified atom stereocenters. The monoisotopic (exact) mass is 241 g/mol. The first-order valence-electron chi connectivity index (χ1n) is 5.76. The number of likely N-dealkylation sites (N-methyl/N-ethyl adjacent to an activating group) is 1. The van der Waals surface area contributed by atoms with Gasteiger partial charge in [0, 0.05) is 11.6 Å². The van der Waals surface area contributed by atoms with Crippen molar-refractivity contribution in [2.24, 2.45) is 0 Å².